The molecule has 1 saturated carbocycles. The minimum absolute atomic E-state index is 0.0142. The monoisotopic (exact) mass is 428 g/mol. The van der Waals surface area contributed by atoms with Gasteiger partial charge in [-0.25, -0.2) is 4.79 Å². The number of methoxy groups -OCH3 is 1. The Morgan fingerprint density at radius 2 is 1.73 bits per heavy atom. The van der Waals surface area contributed by atoms with Gasteiger partial charge in [-0.15, -0.1) is 0 Å². The fraction of sp³-hybridized carbons (Fsp3) is 0.526. The second-order valence-corrected chi connectivity index (χ2v) is 6.45. The number of hydrogen-bond acceptors (Lipinski definition) is 4. The minimum atomic E-state index is -0.718. The largest absolute Gasteiger partial charge is 0.469 e. The van der Waals surface area contributed by atoms with Gasteiger partial charge in [0, 0.05) is 4.47 Å². The quantitative estimate of drug-likeness (QED) is 0.556. The first-order chi connectivity index (χ1) is 12.5. The lowest BCUT2D eigenvalue weighted by molar-refractivity contribution is -0.146. The highest BCUT2D eigenvalue weighted by atomic mass is 79.9. The van der Waals surface area contributed by atoms with E-state index in [-0.39, 0.29) is 11.9 Å². The Labute approximate surface area is 164 Å². The van der Waals surface area contributed by atoms with Gasteiger partial charge in [-0.2, -0.15) is 0 Å². The van der Waals surface area contributed by atoms with Crippen LogP contribution in [0.4, 0.5) is 4.79 Å². The maximum atomic E-state index is 10.9. The molecule has 1 atom stereocenters. The van der Waals surface area contributed by atoms with E-state index in [1.807, 2.05) is 13.8 Å². The molecule has 1 aliphatic rings. The van der Waals surface area contributed by atoms with E-state index < -0.39 is 12.1 Å². The second-order valence-electron chi connectivity index (χ2n) is 5.53. The Morgan fingerprint density at radius 1 is 1.19 bits per heavy atom. The number of esters is 1. The number of benzene rings is 1. The van der Waals surface area contributed by atoms with E-state index in [0.717, 1.165) is 17.3 Å². The summed E-state index contributed by atoms with van der Waals surface area (Å²) in [4.78, 5) is 32.1. The molecule has 1 aromatic rings. The summed E-state index contributed by atoms with van der Waals surface area (Å²) in [5.41, 5.74) is 5.61. The topological polar surface area (TPSA) is 98.5 Å². The Morgan fingerprint density at radius 3 is 2.15 bits per heavy atom. The zero-order chi connectivity index (χ0) is 19.9. The molecule has 1 fully saturated rings. The summed E-state index contributed by atoms with van der Waals surface area (Å²) in [6, 6.07) is 5.65. The third-order valence-corrected chi connectivity index (χ3v) is 4.33. The van der Waals surface area contributed by atoms with Gasteiger partial charge in [0.05, 0.1) is 13.0 Å². The predicted molar refractivity (Wildman–Crippen MR) is 106 cm³/mol. The van der Waals surface area contributed by atoms with Crippen LogP contribution in [0.15, 0.2) is 28.7 Å². The molecule has 6 nitrogen and oxygen atoms in total. The molecule has 2 amide bonds. The molecule has 0 saturated heterocycles. The average Bonchev–Trinajstić information content (AvgIpc) is 2.69. The minimum Gasteiger partial charge on any atom is -0.469 e. The summed E-state index contributed by atoms with van der Waals surface area (Å²) in [6.45, 7) is 4.00. The van der Waals surface area contributed by atoms with Gasteiger partial charge in [0.15, 0.2) is 0 Å². The lowest BCUT2D eigenvalue weighted by Gasteiger charge is -2.18. The van der Waals surface area contributed by atoms with Gasteiger partial charge in [0.2, 0.25) is 0 Å². The van der Waals surface area contributed by atoms with Crippen molar-refractivity contribution in [1.82, 2.24) is 5.32 Å². The zero-order valence-electron chi connectivity index (χ0n) is 15.7. The summed E-state index contributed by atoms with van der Waals surface area (Å²) >= 11 is 3.27. The van der Waals surface area contributed by atoms with Crippen LogP contribution < -0.4 is 11.1 Å². The highest BCUT2D eigenvalue weighted by Gasteiger charge is 2.20. The Balaban J connectivity index is 0.000000458. The third kappa shape index (κ3) is 9.56. The number of nitrogens with two attached hydrogens (primary N) is 1. The van der Waals surface area contributed by atoms with Crippen LogP contribution in [-0.4, -0.2) is 25.4 Å². The molecule has 2 rings (SSSR count). The number of carbonyl (C=O) groups excluding carboxylic acids is 3. The maximum Gasteiger partial charge on any atom is 0.313 e. The van der Waals surface area contributed by atoms with Crippen LogP contribution in [0.5, 0.6) is 0 Å². The van der Waals surface area contributed by atoms with Gasteiger partial charge >= 0.3 is 12.0 Å². The van der Waals surface area contributed by atoms with Crippen LogP contribution in [0.3, 0.4) is 0 Å². The van der Waals surface area contributed by atoms with E-state index in [9.17, 15) is 14.4 Å². The molecule has 0 radical (unpaired) electrons. The van der Waals surface area contributed by atoms with Gasteiger partial charge < -0.3 is 20.6 Å². The van der Waals surface area contributed by atoms with Crippen molar-refractivity contribution in [3.05, 3.63) is 34.3 Å². The molecule has 0 aromatic heterocycles. The zero-order valence-corrected chi connectivity index (χ0v) is 17.3. The molecule has 146 valence electrons. The van der Waals surface area contributed by atoms with Crippen LogP contribution in [0.25, 0.3) is 0 Å². The van der Waals surface area contributed by atoms with Crippen molar-refractivity contribution in [1.29, 1.82) is 0 Å². The Kier molecular flexibility index (Phi) is 13.3. The van der Waals surface area contributed by atoms with Crippen molar-refractivity contribution in [2.45, 2.75) is 52.0 Å². The fourth-order valence-corrected chi connectivity index (χ4v) is 2.79. The normalized spacial score (nSPS) is 14.5. The number of amides is 2. The van der Waals surface area contributed by atoms with Gasteiger partial charge in [-0.3, -0.25) is 4.79 Å². The second kappa shape index (κ2) is 14.3. The van der Waals surface area contributed by atoms with Gasteiger partial charge in [-0.1, -0.05) is 61.2 Å². The van der Waals surface area contributed by atoms with E-state index in [4.69, 9.17) is 5.73 Å². The first-order valence-electron chi connectivity index (χ1n) is 8.82. The number of hydrogen-bond donors (Lipinski definition) is 2. The fourth-order valence-electron chi connectivity index (χ4n) is 2.52. The molecular weight excluding hydrogens is 400 g/mol. The number of carbonyl (C=O) groups is 3. The lowest BCUT2D eigenvalue weighted by Crippen LogP contribution is -2.33. The van der Waals surface area contributed by atoms with Crippen LogP contribution in [0.2, 0.25) is 0 Å². The number of ether oxygens (including phenoxy) is 1. The first kappa shape index (κ1) is 24.1. The highest BCUT2D eigenvalue weighted by molar-refractivity contribution is 9.10. The molecule has 0 spiro atoms. The SMILES string of the molecule is CC.COC(=O)C1CCCCC1.NC(=O)NC(C=O)c1ccc(Br)cc1. The van der Waals surface area contributed by atoms with Crippen molar-refractivity contribution >= 4 is 34.2 Å². The number of primary amides is 1. The summed E-state index contributed by atoms with van der Waals surface area (Å²) in [5.74, 6) is 0.193. The molecule has 26 heavy (non-hydrogen) atoms. The van der Waals surface area contributed by atoms with E-state index in [2.05, 4.69) is 26.0 Å². The molecule has 1 aromatic carbocycles. The van der Waals surface area contributed by atoms with Gasteiger partial charge in [0.25, 0.3) is 0 Å². The molecule has 7 heteroatoms. The van der Waals surface area contributed by atoms with Crippen LogP contribution in [0.1, 0.15) is 57.6 Å². The predicted octanol–water partition coefficient (Wildman–Crippen LogP) is 4.12. The van der Waals surface area contributed by atoms with Gasteiger partial charge in [0.1, 0.15) is 12.3 Å². The lowest BCUT2D eigenvalue weighted by atomic mass is 9.89. The molecule has 3 N–H and O–H groups in total. The van der Waals surface area contributed by atoms with Crippen LogP contribution >= 0.6 is 15.9 Å². The highest BCUT2D eigenvalue weighted by Crippen LogP contribution is 2.24. The summed E-state index contributed by atoms with van der Waals surface area (Å²) < 4.78 is 5.56. The van der Waals surface area contributed by atoms with Crippen molar-refractivity contribution in [3.8, 4) is 0 Å². The Bertz CT molecular complexity index is 543. The van der Waals surface area contributed by atoms with Gasteiger partial charge in [-0.05, 0) is 30.5 Å². The molecule has 0 heterocycles. The van der Waals surface area contributed by atoms with Crippen LogP contribution in [0, 0.1) is 5.92 Å². The number of aldehydes is 1. The molecule has 0 bridgehead atoms. The van der Waals surface area contributed by atoms with Crippen LogP contribution in [-0.2, 0) is 14.3 Å². The van der Waals surface area contributed by atoms with E-state index >= 15 is 0 Å². The van der Waals surface area contributed by atoms with E-state index in [1.165, 1.54) is 26.4 Å². The van der Waals surface area contributed by atoms with Crippen molar-refractivity contribution in [2.75, 3.05) is 7.11 Å². The van der Waals surface area contributed by atoms with Crippen molar-refractivity contribution in [3.63, 3.8) is 0 Å². The Hall–Kier alpha value is -1.89. The van der Waals surface area contributed by atoms with Crippen molar-refractivity contribution < 1.29 is 19.1 Å². The molecular formula is C19H29BrN2O4. The molecule has 1 aliphatic carbocycles. The number of halogens is 1. The smallest absolute Gasteiger partial charge is 0.313 e. The van der Waals surface area contributed by atoms with E-state index in [0.29, 0.717) is 11.8 Å². The summed E-state index contributed by atoms with van der Waals surface area (Å²) in [7, 11) is 1.47. The number of urea groups is 1. The number of rotatable bonds is 4. The number of nitrogens with one attached hydrogen (secondary N) is 1. The standard InChI is InChI=1S/C9H9BrN2O2.C8H14O2.C2H6/c10-7-3-1-6(2-4-7)8(5-13)12-9(11)14;1-10-8(9)7-5-3-2-4-6-7;1-2/h1-5,8H,(H3,11,12,14);7H,2-6H2,1H3;1-2H3. The van der Waals surface area contributed by atoms with E-state index in [1.54, 1.807) is 24.3 Å². The average molecular weight is 429 g/mol. The maximum absolute atomic E-state index is 10.9. The summed E-state index contributed by atoms with van der Waals surface area (Å²) in [5, 5.41) is 2.32. The summed E-state index contributed by atoms with van der Waals surface area (Å²) in [6.07, 6.45) is 6.38. The first-order valence-corrected chi connectivity index (χ1v) is 9.61. The molecule has 0 aliphatic heterocycles. The molecule has 1 unspecified atom stereocenters. The van der Waals surface area contributed by atoms with Crippen molar-refractivity contribution in [2.24, 2.45) is 11.7 Å². The third-order valence-electron chi connectivity index (χ3n) is 3.80.